The van der Waals surface area contributed by atoms with Gasteiger partial charge in [-0.1, -0.05) is 18.2 Å². The van der Waals surface area contributed by atoms with Crippen LogP contribution < -0.4 is 4.90 Å². The predicted octanol–water partition coefficient (Wildman–Crippen LogP) is 3.66. The third-order valence-corrected chi connectivity index (χ3v) is 6.67. The van der Waals surface area contributed by atoms with Gasteiger partial charge in [0.1, 0.15) is 0 Å². The summed E-state index contributed by atoms with van der Waals surface area (Å²) in [6, 6.07) is 10.4. The summed E-state index contributed by atoms with van der Waals surface area (Å²) in [7, 11) is -4.17. The van der Waals surface area contributed by atoms with Gasteiger partial charge in [-0.3, -0.25) is 4.98 Å². The summed E-state index contributed by atoms with van der Waals surface area (Å²) in [4.78, 5) is 5.65. The maximum Gasteiger partial charge on any atom is 0.416 e. The van der Waals surface area contributed by atoms with Crippen LogP contribution in [-0.2, 0) is 16.0 Å². The molecule has 4 rings (SSSR count). The first-order valence-corrected chi connectivity index (χ1v) is 10.4. The normalized spacial score (nSPS) is 17.8. The van der Waals surface area contributed by atoms with Crippen molar-refractivity contribution >= 4 is 26.4 Å². The van der Waals surface area contributed by atoms with E-state index < -0.39 is 32.6 Å². The summed E-state index contributed by atoms with van der Waals surface area (Å²) in [6.07, 6.45) is -3.26. The second-order valence-corrected chi connectivity index (χ2v) is 8.89. The van der Waals surface area contributed by atoms with Crippen LogP contribution in [0.2, 0.25) is 0 Å². The first kappa shape index (κ1) is 19.7. The summed E-state index contributed by atoms with van der Waals surface area (Å²) in [5, 5.41) is 10.3. The van der Waals surface area contributed by atoms with Crippen LogP contribution in [0.15, 0.2) is 64.5 Å². The Bertz CT molecular complexity index is 1180. The first-order chi connectivity index (χ1) is 13.7. The third kappa shape index (κ3) is 3.67. The fraction of sp³-hybridized carbons (Fsp3) is 0.250. The van der Waals surface area contributed by atoms with E-state index >= 15 is 0 Å². The van der Waals surface area contributed by atoms with Crippen molar-refractivity contribution in [1.82, 2.24) is 4.98 Å². The van der Waals surface area contributed by atoms with Gasteiger partial charge in [-0.15, -0.1) is 0 Å². The lowest BCUT2D eigenvalue weighted by Crippen LogP contribution is -2.21. The molecule has 1 atom stereocenters. The number of anilines is 1. The molecule has 0 saturated carbocycles. The number of alkyl halides is 3. The van der Waals surface area contributed by atoms with Crippen LogP contribution in [0.4, 0.5) is 18.9 Å². The number of para-hydroxylation sites is 1. The quantitative estimate of drug-likeness (QED) is 0.698. The topological polar surface area (TPSA) is 70.5 Å². The highest BCUT2D eigenvalue weighted by molar-refractivity contribution is 7.91. The van der Waals surface area contributed by atoms with Crippen LogP contribution in [-0.4, -0.2) is 37.7 Å². The molecule has 1 aliphatic rings. The summed E-state index contributed by atoms with van der Waals surface area (Å²) < 4.78 is 64.7. The fourth-order valence-electron chi connectivity index (χ4n) is 3.46. The van der Waals surface area contributed by atoms with Gasteiger partial charge in [0.15, 0.2) is 0 Å². The Morgan fingerprint density at radius 1 is 1.07 bits per heavy atom. The van der Waals surface area contributed by atoms with E-state index in [4.69, 9.17) is 0 Å². The van der Waals surface area contributed by atoms with Gasteiger partial charge in [0, 0.05) is 24.7 Å². The van der Waals surface area contributed by atoms with Crippen LogP contribution in [0.5, 0.6) is 0 Å². The van der Waals surface area contributed by atoms with E-state index in [1.807, 2.05) is 11.0 Å². The van der Waals surface area contributed by atoms with E-state index in [9.17, 15) is 26.7 Å². The van der Waals surface area contributed by atoms with E-state index in [0.29, 0.717) is 36.5 Å². The Morgan fingerprint density at radius 2 is 1.83 bits per heavy atom. The van der Waals surface area contributed by atoms with Crippen molar-refractivity contribution in [2.75, 3.05) is 18.0 Å². The highest BCUT2D eigenvalue weighted by atomic mass is 32.2. The van der Waals surface area contributed by atoms with Gasteiger partial charge < -0.3 is 10.0 Å². The molecule has 3 aromatic rings. The van der Waals surface area contributed by atoms with Gasteiger partial charge in [-0.05, 0) is 36.8 Å². The molecule has 29 heavy (non-hydrogen) atoms. The van der Waals surface area contributed by atoms with Crippen molar-refractivity contribution in [2.45, 2.75) is 28.5 Å². The van der Waals surface area contributed by atoms with Crippen molar-refractivity contribution in [3.05, 3.63) is 60.3 Å². The number of benzene rings is 2. The van der Waals surface area contributed by atoms with E-state index in [-0.39, 0.29) is 4.90 Å². The average molecular weight is 422 g/mol. The molecule has 9 heteroatoms. The number of nitrogens with zero attached hydrogens (tertiary/aromatic N) is 2. The number of hydrogen-bond donors (Lipinski definition) is 1. The Kier molecular flexibility index (Phi) is 4.74. The number of hydrogen-bond acceptors (Lipinski definition) is 5. The molecular formula is C20H17F3N2O3S. The molecule has 0 spiro atoms. The van der Waals surface area contributed by atoms with E-state index in [0.717, 1.165) is 30.1 Å². The lowest BCUT2D eigenvalue weighted by Gasteiger charge is -2.19. The summed E-state index contributed by atoms with van der Waals surface area (Å²) in [6.45, 7) is 1.12. The molecule has 0 aliphatic carbocycles. The monoisotopic (exact) mass is 422 g/mol. The van der Waals surface area contributed by atoms with Crippen molar-refractivity contribution < 1.29 is 26.7 Å². The Morgan fingerprint density at radius 3 is 2.52 bits per heavy atom. The first-order valence-electron chi connectivity index (χ1n) is 8.90. The fourth-order valence-corrected chi connectivity index (χ4v) is 4.75. The molecule has 0 radical (unpaired) electrons. The van der Waals surface area contributed by atoms with E-state index in [1.165, 1.54) is 6.07 Å². The molecule has 1 fully saturated rings. The number of β-amino-alcohol motifs (C(OH)–C–C–N with tert-alkyl or cyclic N) is 1. The second kappa shape index (κ2) is 7.00. The molecular weight excluding hydrogens is 405 g/mol. The van der Waals surface area contributed by atoms with Crippen molar-refractivity contribution in [3.63, 3.8) is 0 Å². The van der Waals surface area contributed by atoms with E-state index in [1.54, 1.807) is 12.1 Å². The Labute approximate surface area is 165 Å². The largest absolute Gasteiger partial charge is 0.416 e. The molecule has 152 valence electrons. The lowest BCUT2D eigenvalue weighted by atomic mass is 10.2. The molecule has 1 N–H and O–H groups in total. The molecule has 5 nitrogen and oxygen atoms in total. The zero-order valence-electron chi connectivity index (χ0n) is 15.1. The number of aliphatic hydroxyl groups excluding tert-OH is 1. The maximum absolute atomic E-state index is 13.0. The highest BCUT2D eigenvalue weighted by Gasteiger charge is 2.32. The van der Waals surface area contributed by atoms with Crippen LogP contribution in [0.3, 0.4) is 0 Å². The number of fused-ring (bicyclic) bond motifs is 1. The summed E-state index contributed by atoms with van der Waals surface area (Å²) >= 11 is 0. The van der Waals surface area contributed by atoms with Crippen molar-refractivity contribution in [1.29, 1.82) is 0 Å². The van der Waals surface area contributed by atoms with Gasteiger partial charge in [0.2, 0.25) is 9.84 Å². The number of sulfone groups is 1. The van der Waals surface area contributed by atoms with Crippen LogP contribution in [0, 0.1) is 0 Å². The molecule has 1 saturated heterocycles. The van der Waals surface area contributed by atoms with Crippen LogP contribution >= 0.6 is 0 Å². The standard InChI is InChI=1S/C20H17F3N2O3S/c21-20(22,23)14-4-2-5-16(10-14)29(27,28)17-9-13-3-1-6-18(19(13)24-11-17)25-8-7-15(26)12-25/h1-6,9-11,15,26H,7-8,12H2/t15-/m1/s1. The second-order valence-electron chi connectivity index (χ2n) is 6.94. The lowest BCUT2D eigenvalue weighted by molar-refractivity contribution is -0.137. The summed E-state index contributed by atoms with van der Waals surface area (Å²) in [5.74, 6) is 0. The maximum atomic E-state index is 13.0. The minimum atomic E-state index is -4.64. The number of aromatic nitrogens is 1. The van der Waals surface area contributed by atoms with E-state index in [2.05, 4.69) is 4.98 Å². The van der Waals surface area contributed by atoms with Crippen molar-refractivity contribution in [2.24, 2.45) is 0 Å². The number of pyridine rings is 1. The average Bonchev–Trinajstić information content (AvgIpc) is 3.12. The Balaban J connectivity index is 1.77. The minimum Gasteiger partial charge on any atom is -0.391 e. The molecule has 1 aliphatic heterocycles. The molecule has 2 aromatic carbocycles. The predicted molar refractivity (Wildman–Crippen MR) is 101 cm³/mol. The molecule has 0 amide bonds. The highest BCUT2D eigenvalue weighted by Crippen LogP contribution is 2.33. The number of rotatable bonds is 3. The van der Waals surface area contributed by atoms with Crippen molar-refractivity contribution in [3.8, 4) is 0 Å². The molecule has 0 unspecified atom stereocenters. The molecule has 0 bridgehead atoms. The van der Waals surface area contributed by atoms with Gasteiger partial charge in [-0.25, -0.2) is 8.42 Å². The van der Waals surface area contributed by atoms with Gasteiger partial charge in [0.05, 0.1) is 32.7 Å². The van der Waals surface area contributed by atoms with Crippen LogP contribution in [0.25, 0.3) is 10.9 Å². The third-order valence-electron chi connectivity index (χ3n) is 4.95. The minimum absolute atomic E-state index is 0.178. The number of halogens is 3. The Hall–Kier alpha value is -2.65. The number of aliphatic hydroxyl groups is 1. The summed E-state index contributed by atoms with van der Waals surface area (Å²) in [5.41, 5.74) is 0.328. The van der Waals surface area contributed by atoms with Gasteiger partial charge >= 0.3 is 6.18 Å². The zero-order chi connectivity index (χ0) is 20.8. The van der Waals surface area contributed by atoms with Gasteiger partial charge in [0.25, 0.3) is 0 Å². The zero-order valence-corrected chi connectivity index (χ0v) is 15.9. The molecule has 1 aromatic heterocycles. The smallest absolute Gasteiger partial charge is 0.391 e. The SMILES string of the molecule is O=S(=O)(c1cccc(C(F)(F)F)c1)c1cnc2c(N3CC[C@@H](O)C3)cccc2c1. The van der Waals surface area contributed by atoms with Crippen LogP contribution in [0.1, 0.15) is 12.0 Å². The van der Waals surface area contributed by atoms with Gasteiger partial charge in [-0.2, -0.15) is 13.2 Å². The molecule has 2 heterocycles.